The third-order valence-electron chi connectivity index (χ3n) is 2.19. The van der Waals surface area contributed by atoms with Gasteiger partial charge in [-0.3, -0.25) is 4.98 Å². The summed E-state index contributed by atoms with van der Waals surface area (Å²) in [5, 5.41) is 3.54. The lowest BCUT2D eigenvalue weighted by atomic mass is 10.3. The highest BCUT2D eigenvalue weighted by Crippen LogP contribution is 2.12. The molecule has 1 N–H and O–H groups in total. The van der Waals surface area contributed by atoms with Crippen molar-refractivity contribution >= 4 is 17.4 Å². The molecule has 0 aliphatic carbocycles. The van der Waals surface area contributed by atoms with Gasteiger partial charge < -0.3 is 10.1 Å². The van der Waals surface area contributed by atoms with Crippen LogP contribution < -0.4 is 5.32 Å². The topological polar surface area (TPSA) is 59.9 Å². The molecule has 6 heteroatoms. The Balaban J connectivity index is 2.05. The highest BCUT2D eigenvalue weighted by atomic mass is 35.5. The van der Waals surface area contributed by atoms with Crippen LogP contribution in [0.4, 0.5) is 5.82 Å². The molecule has 2 heterocycles. The van der Waals surface area contributed by atoms with E-state index >= 15 is 0 Å². The molecule has 0 saturated carbocycles. The number of hydrogen-bond donors (Lipinski definition) is 1. The summed E-state index contributed by atoms with van der Waals surface area (Å²) in [6, 6.07) is 7.42. The molecule has 0 radical (unpaired) electrons. The monoisotopic (exact) mass is 264 g/mol. The summed E-state index contributed by atoms with van der Waals surface area (Å²) in [4.78, 5) is 12.5. The number of halogens is 1. The number of nitrogens with zero attached hydrogens (tertiary/aromatic N) is 3. The van der Waals surface area contributed by atoms with Gasteiger partial charge in [-0.25, -0.2) is 9.97 Å². The zero-order valence-corrected chi connectivity index (χ0v) is 10.7. The van der Waals surface area contributed by atoms with E-state index in [1.165, 1.54) is 0 Å². The number of aromatic nitrogens is 3. The molecular weight excluding hydrogens is 252 g/mol. The number of methoxy groups -OCH3 is 1. The molecule has 0 aliphatic heterocycles. The largest absolute Gasteiger partial charge is 0.377 e. The molecule has 0 bridgehead atoms. The average Bonchev–Trinajstić information content (AvgIpc) is 2.37. The van der Waals surface area contributed by atoms with Crippen LogP contribution in [0.3, 0.4) is 0 Å². The van der Waals surface area contributed by atoms with Gasteiger partial charge in [0.25, 0.3) is 0 Å². The highest BCUT2D eigenvalue weighted by molar-refractivity contribution is 6.29. The van der Waals surface area contributed by atoms with Gasteiger partial charge in [-0.05, 0) is 12.1 Å². The van der Waals surface area contributed by atoms with E-state index in [0.29, 0.717) is 29.9 Å². The molecular formula is C12H13ClN4O. The first-order valence-electron chi connectivity index (χ1n) is 5.44. The Bertz CT molecular complexity index is 507. The second kappa shape index (κ2) is 6.28. The minimum atomic E-state index is 0.332. The number of nitrogens with one attached hydrogen (secondary N) is 1. The summed E-state index contributed by atoms with van der Waals surface area (Å²) in [6.45, 7) is 0.916. The second-order valence-corrected chi connectivity index (χ2v) is 3.99. The summed E-state index contributed by atoms with van der Waals surface area (Å²) in [5.41, 5.74) is 0.931. The molecule has 0 spiro atoms. The fourth-order valence-corrected chi connectivity index (χ4v) is 1.63. The predicted octanol–water partition coefficient (Wildman–Crippen LogP) is 2.28. The SMILES string of the molecule is COCc1nc(Cl)cc(NCc2ccccn2)n1. The van der Waals surface area contributed by atoms with E-state index in [2.05, 4.69) is 20.3 Å². The van der Waals surface area contributed by atoms with Crippen LogP contribution in [0.1, 0.15) is 11.5 Å². The summed E-state index contributed by atoms with van der Waals surface area (Å²) >= 11 is 5.91. The first kappa shape index (κ1) is 12.7. The first-order chi connectivity index (χ1) is 8.78. The number of hydrogen-bond acceptors (Lipinski definition) is 5. The molecule has 0 unspecified atom stereocenters. The van der Waals surface area contributed by atoms with Gasteiger partial charge in [0.15, 0.2) is 5.82 Å². The Labute approximate surface area is 110 Å². The van der Waals surface area contributed by atoms with Gasteiger partial charge in [-0.1, -0.05) is 17.7 Å². The smallest absolute Gasteiger partial charge is 0.158 e. The van der Waals surface area contributed by atoms with Crippen LogP contribution in [-0.4, -0.2) is 22.1 Å². The minimum Gasteiger partial charge on any atom is -0.377 e. The Morgan fingerprint density at radius 1 is 1.33 bits per heavy atom. The third-order valence-corrected chi connectivity index (χ3v) is 2.39. The standard InChI is InChI=1S/C12H13ClN4O/c1-18-8-12-16-10(13)6-11(17-12)15-7-9-4-2-3-5-14-9/h2-6H,7-8H2,1H3,(H,15,16,17). The van der Waals surface area contributed by atoms with Crippen molar-refractivity contribution in [3.05, 3.63) is 47.1 Å². The molecule has 0 aliphatic rings. The van der Waals surface area contributed by atoms with E-state index in [4.69, 9.17) is 16.3 Å². The van der Waals surface area contributed by atoms with E-state index in [9.17, 15) is 0 Å². The van der Waals surface area contributed by atoms with Crippen molar-refractivity contribution in [3.8, 4) is 0 Å². The second-order valence-electron chi connectivity index (χ2n) is 3.60. The van der Waals surface area contributed by atoms with E-state index in [1.54, 1.807) is 19.4 Å². The van der Waals surface area contributed by atoms with Crippen molar-refractivity contribution < 1.29 is 4.74 Å². The van der Waals surface area contributed by atoms with Gasteiger partial charge in [0.2, 0.25) is 0 Å². The van der Waals surface area contributed by atoms with Crippen LogP contribution in [0.5, 0.6) is 0 Å². The van der Waals surface area contributed by atoms with E-state index in [0.717, 1.165) is 5.69 Å². The van der Waals surface area contributed by atoms with Crippen LogP contribution in [0.25, 0.3) is 0 Å². The normalized spacial score (nSPS) is 10.3. The average molecular weight is 265 g/mol. The maximum absolute atomic E-state index is 5.91. The lowest BCUT2D eigenvalue weighted by molar-refractivity contribution is 0.178. The molecule has 2 aromatic rings. The molecule has 5 nitrogen and oxygen atoms in total. The third kappa shape index (κ3) is 3.65. The molecule has 2 rings (SSSR count). The predicted molar refractivity (Wildman–Crippen MR) is 69.3 cm³/mol. The maximum Gasteiger partial charge on any atom is 0.158 e. The van der Waals surface area contributed by atoms with Crippen molar-refractivity contribution in [3.63, 3.8) is 0 Å². The van der Waals surface area contributed by atoms with E-state index in [1.807, 2.05) is 18.2 Å². The van der Waals surface area contributed by atoms with Crippen LogP contribution in [0.15, 0.2) is 30.5 Å². The van der Waals surface area contributed by atoms with Gasteiger partial charge in [0.05, 0.1) is 12.2 Å². The Morgan fingerprint density at radius 2 is 2.22 bits per heavy atom. The zero-order chi connectivity index (χ0) is 12.8. The number of pyridine rings is 1. The Morgan fingerprint density at radius 3 is 2.94 bits per heavy atom. The molecule has 18 heavy (non-hydrogen) atoms. The summed E-state index contributed by atoms with van der Waals surface area (Å²) in [6.07, 6.45) is 1.75. The van der Waals surface area contributed by atoms with Gasteiger partial charge in [-0.2, -0.15) is 0 Å². The summed E-state index contributed by atoms with van der Waals surface area (Å²) in [7, 11) is 1.59. The summed E-state index contributed by atoms with van der Waals surface area (Å²) < 4.78 is 4.98. The zero-order valence-electron chi connectivity index (χ0n) is 9.93. The fourth-order valence-electron chi connectivity index (χ4n) is 1.43. The van der Waals surface area contributed by atoms with Crippen molar-refractivity contribution in [2.45, 2.75) is 13.2 Å². The van der Waals surface area contributed by atoms with Gasteiger partial charge in [0, 0.05) is 19.4 Å². The Hall–Kier alpha value is -1.72. The first-order valence-corrected chi connectivity index (χ1v) is 5.82. The summed E-state index contributed by atoms with van der Waals surface area (Å²) in [5.74, 6) is 1.21. The van der Waals surface area contributed by atoms with Crippen LogP contribution in [0.2, 0.25) is 5.15 Å². The fraction of sp³-hybridized carbons (Fsp3) is 0.250. The number of rotatable bonds is 5. The lowest BCUT2D eigenvalue weighted by Gasteiger charge is -2.07. The van der Waals surface area contributed by atoms with Gasteiger partial charge in [0.1, 0.15) is 17.6 Å². The molecule has 2 aromatic heterocycles. The lowest BCUT2D eigenvalue weighted by Crippen LogP contribution is -2.06. The quantitative estimate of drug-likeness (QED) is 0.840. The van der Waals surface area contributed by atoms with Crippen LogP contribution in [0, 0.1) is 0 Å². The number of ether oxygens (including phenoxy) is 1. The molecule has 0 aromatic carbocycles. The molecule has 94 valence electrons. The van der Waals surface area contributed by atoms with Gasteiger partial charge in [-0.15, -0.1) is 0 Å². The van der Waals surface area contributed by atoms with Crippen molar-refractivity contribution in [1.82, 2.24) is 15.0 Å². The van der Waals surface area contributed by atoms with Crippen molar-refractivity contribution in [2.24, 2.45) is 0 Å². The minimum absolute atomic E-state index is 0.332. The number of anilines is 1. The van der Waals surface area contributed by atoms with E-state index < -0.39 is 0 Å². The van der Waals surface area contributed by atoms with Crippen LogP contribution in [-0.2, 0) is 17.9 Å². The van der Waals surface area contributed by atoms with Gasteiger partial charge >= 0.3 is 0 Å². The molecule has 0 atom stereocenters. The van der Waals surface area contributed by atoms with Crippen LogP contribution >= 0.6 is 11.6 Å². The Kier molecular flexibility index (Phi) is 4.44. The molecule has 0 amide bonds. The van der Waals surface area contributed by atoms with E-state index in [-0.39, 0.29) is 0 Å². The molecule has 0 saturated heterocycles. The van der Waals surface area contributed by atoms with Crippen molar-refractivity contribution in [2.75, 3.05) is 12.4 Å². The van der Waals surface area contributed by atoms with Crippen molar-refractivity contribution in [1.29, 1.82) is 0 Å². The molecule has 0 fully saturated rings. The highest BCUT2D eigenvalue weighted by Gasteiger charge is 2.03. The maximum atomic E-state index is 5.91.